The first-order valence-corrected chi connectivity index (χ1v) is 11.9. The van der Waals surface area contributed by atoms with E-state index in [-0.39, 0.29) is 44.2 Å². The van der Waals surface area contributed by atoms with Crippen LogP contribution in [-0.4, -0.2) is 38.4 Å². The van der Waals surface area contributed by atoms with Crippen LogP contribution in [0.5, 0.6) is 0 Å². The molecule has 29 heavy (non-hydrogen) atoms. The van der Waals surface area contributed by atoms with E-state index in [1.165, 1.54) is 4.46 Å². The first-order valence-electron chi connectivity index (χ1n) is 10.1. The second kappa shape index (κ2) is 8.43. The standard InChI is InChI=1S/C25H24O3Se/c26-22-21(29-19-14-8-3-9-15-19)16-20-25(22)28-24(18-12-6-2-7-13-18)23(27-20)17-10-4-1-5-11-17/h1-15,20-26H,16H2/t20-,21+,22-,23-,24-,25-/m1/s1. The predicted octanol–water partition coefficient (Wildman–Crippen LogP) is 3.84. The van der Waals surface area contributed by atoms with Gasteiger partial charge in [-0.3, -0.25) is 0 Å². The molecule has 4 heteroatoms. The third kappa shape index (κ3) is 3.92. The summed E-state index contributed by atoms with van der Waals surface area (Å²) < 4.78 is 14.5. The molecule has 1 aliphatic carbocycles. The maximum atomic E-state index is 11.1. The fraction of sp³-hybridized carbons (Fsp3) is 0.280. The van der Waals surface area contributed by atoms with Gasteiger partial charge in [0.25, 0.3) is 0 Å². The summed E-state index contributed by atoms with van der Waals surface area (Å²) in [5.41, 5.74) is 2.20. The third-order valence-corrected chi connectivity index (χ3v) is 8.50. The van der Waals surface area contributed by atoms with Crippen LogP contribution in [0, 0.1) is 0 Å². The van der Waals surface area contributed by atoms with Crippen molar-refractivity contribution in [3.05, 3.63) is 102 Å². The van der Waals surface area contributed by atoms with Crippen molar-refractivity contribution >= 4 is 19.4 Å². The summed E-state index contributed by atoms with van der Waals surface area (Å²) in [4.78, 5) is 0.200. The van der Waals surface area contributed by atoms with Crippen molar-refractivity contribution in [3.8, 4) is 0 Å². The first-order chi connectivity index (χ1) is 14.3. The average Bonchev–Trinajstić information content (AvgIpc) is 3.09. The molecule has 0 spiro atoms. The zero-order valence-corrected chi connectivity index (χ0v) is 17.7. The molecular weight excluding hydrogens is 427 g/mol. The SMILES string of the molecule is O[C@H]1[C@@H]2O[C@H](c3ccccc3)[C@@H](c3ccccc3)O[C@@H]2C[C@@H]1[Se]c1ccccc1. The number of aliphatic hydroxyl groups excluding tert-OH is 1. The number of hydrogen-bond donors (Lipinski definition) is 1. The maximum absolute atomic E-state index is 11.1. The number of hydrogen-bond acceptors (Lipinski definition) is 3. The van der Waals surface area contributed by atoms with Gasteiger partial charge in [-0.15, -0.1) is 0 Å². The van der Waals surface area contributed by atoms with Crippen LogP contribution in [0.25, 0.3) is 0 Å². The Morgan fingerprint density at radius 1 is 0.690 bits per heavy atom. The molecule has 5 rings (SSSR count). The van der Waals surface area contributed by atoms with Gasteiger partial charge in [0.05, 0.1) is 0 Å². The quantitative estimate of drug-likeness (QED) is 0.613. The summed E-state index contributed by atoms with van der Waals surface area (Å²) in [6.07, 6.45) is -0.414. The molecule has 2 fully saturated rings. The number of rotatable bonds is 4. The van der Waals surface area contributed by atoms with E-state index in [0.717, 1.165) is 17.5 Å². The van der Waals surface area contributed by atoms with Gasteiger partial charge in [-0.2, -0.15) is 0 Å². The van der Waals surface area contributed by atoms with Crippen molar-refractivity contribution in [2.45, 2.75) is 41.8 Å². The third-order valence-electron chi connectivity index (χ3n) is 5.74. The molecule has 148 valence electrons. The Labute approximate surface area is 177 Å². The van der Waals surface area contributed by atoms with Crippen molar-refractivity contribution < 1.29 is 14.6 Å². The summed E-state index contributed by atoms with van der Waals surface area (Å²) in [5, 5.41) is 11.1. The second-order valence-electron chi connectivity index (χ2n) is 7.63. The van der Waals surface area contributed by atoms with Crippen molar-refractivity contribution in [3.63, 3.8) is 0 Å². The van der Waals surface area contributed by atoms with E-state index in [9.17, 15) is 5.11 Å². The number of fused-ring (bicyclic) bond motifs is 1. The van der Waals surface area contributed by atoms with Crippen LogP contribution < -0.4 is 4.46 Å². The predicted molar refractivity (Wildman–Crippen MR) is 114 cm³/mol. The summed E-state index contributed by atoms with van der Waals surface area (Å²) in [6.45, 7) is 0. The van der Waals surface area contributed by atoms with Crippen molar-refractivity contribution in [2.75, 3.05) is 0 Å². The van der Waals surface area contributed by atoms with E-state index < -0.39 is 6.10 Å². The van der Waals surface area contributed by atoms with Crippen LogP contribution in [0.15, 0.2) is 91.0 Å². The summed E-state index contributed by atoms with van der Waals surface area (Å²) in [6, 6.07) is 31.0. The molecule has 0 bridgehead atoms. The van der Waals surface area contributed by atoms with E-state index >= 15 is 0 Å². The van der Waals surface area contributed by atoms with Gasteiger partial charge >= 0.3 is 178 Å². The van der Waals surface area contributed by atoms with Crippen LogP contribution in [0.3, 0.4) is 0 Å². The van der Waals surface area contributed by atoms with Gasteiger partial charge in [0.2, 0.25) is 0 Å². The zero-order chi connectivity index (χ0) is 19.6. The molecule has 3 nitrogen and oxygen atoms in total. The van der Waals surface area contributed by atoms with Crippen LogP contribution in [0.4, 0.5) is 0 Å². The average molecular weight is 451 g/mol. The van der Waals surface area contributed by atoms with Crippen molar-refractivity contribution in [1.29, 1.82) is 0 Å². The molecule has 3 aromatic rings. The molecule has 1 saturated carbocycles. The van der Waals surface area contributed by atoms with Gasteiger partial charge in [-0.1, -0.05) is 0 Å². The molecule has 0 unspecified atom stereocenters. The summed E-state index contributed by atoms with van der Waals surface area (Å²) in [7, 11) is 0. The molecule has 1 saturated heterocycles. The molecule has 2 aliphatic rings. The van der Waals surface area contributed by atoms with Gasteiger partial charge in [-0.25, -0.2) is 0 Å². The van der Waals surface area contributed by atoms with Crippen LogP contribution in [0.2, 0.25) is 4.82 Å². The Bertz CT molecular complexity index is 919. The Kier molecular flexibility index (Phi) is 5.54. The minimum absolute atomic E-state index is 0.0780. The molecule has 0 radical (unpaired) electrons. The van der Waals surface area contributed by atoms with Crippen LogP contribution >= 0.6 is 0 Å². The minimum atomic E-state index is -0.497. The molecule has 0 aromatic heterocycles. The Morgan fingerprint density at radius 3 is 1.79 bits per heavy atom. The zero-order valence-electron chi connectivity index (χ0n) is 16.0. The van der Waals surface area contributed by atoms with Crippen molar-refractivity contribution in [1.82, 2.24) is 0 Å². The molecule has 1 aliphatic heterocycles. The summed E-state index contributed by atoms with van der Waals surface area (Å²) >= 11 is 0.190. The normalized spacial score (nSPS) is 31.3. The fourth-order valence-corrected chi connectivity index (χ4v) is 6.93. The van der Waals surface area contributed by atoms with Crippen LogP contribution in [-0.2, 0) is 9.47 Å². The van der Waals surface area contributed by atoms with Gasteiger partial charge < -0.3 is 0 Å². The monoisotopic (exact) mass is 452 g/mol. The molecule has 0 amide bonds. The molecular formula is C25H24O3Se. The van der Waals surface area contributed by atoms with Crippen LogP contribution in [0.1, 0.15) is 29.8 Å². The fourth-order valence-electron chi connectivity index (χ4n) is 4.32. The van der Waals surface area contributed by atoms with E-state index in [1.807, 2.05) is 42.5 Å². The van der Waals surface area contributed by atoms with Crippen molar-refractivity contribution in [2.24, 2.45) is 0 Å². The van der Waals surface area contributed by atoms with E-state index in [1.54, 1.807) is 0 Å². The number of aliphatic hydroxyl groups is 1. The van der Waals surface area contributed by atoms with Gasteiger partial charge in [0.15, 0.2) is 0 Å². The van der Waals surface area contributed by atoms with Gasteiger partial charge in [0.1, 0.15) is 0 Å². The Hall–Kier alpha value is -1.94. The number of ether oxygens (including phenoxy) is 2. The van der Waals surface area contributed by atoms with Gasteiger partial charge in [-0.05, 0) is 0 Å². The first kappa shape index (κ1) is 19.0. The number of benzene rings is 3. The summed E-state index contributed by atoms with van der Waals surface area (Å²) in [5.74, 6) is 0. The second-order valence-corrected chi connectivity index (χ2v) is 10.4. The molecule has 6 atom stereocenters. The Balaban J connectivity index is 1.42. The molecule has 1 heterocycles. The Morgan fingerprint density at radius 2 is 1.21 bits per heavy atom. The van der Waals surface area contributed by atoms with E-state index in [4.69, 9.17) is 9.47 Å². The topological polar surface area (TPSA) is 38.7 Å². The molecule has 3 aromatic carbocycles. The van der Waals surface area contributed by atoms with E-state index in [2.05, 4.69) is 48.5 Å². The van der Waals surface area contributed by atoms with E-state index in [0.29, 0.717) is 0 Å². The molecule has 1 N–H and O–H groups in total. The van der Waals surface area contributed by atoms with Gasteiger partial charge in [0, 0.05) is 0 Å².